The maximum Gasteiger partial charge on any atom is 0.0541 e. The predicted molar refractivity (Wildman–Crippen MR) is 57.4 cm³/mol. The van der Waals surface area contributed by atoms with Gasteiger partial charge < -0.3 is 15.2 Å². The summed E-state index contributed by atoms with van der Waals surface area (Å²) in [5.41, 5.74) is 0. The molecule has 2 N–H and O–H groups in total. The lowest BCUT2D eigenvalue weighted by Gasteiger charge is -2.26. The summed E-state index contributed by atoms with van der Waals surface area (Å²) in [5.74, 6) is 0. The van der Waals surface area contributed by atoms with Gasteiger partial charge in [0, 0.05) is 19.8 Å². The molecule has 3 nitrogen and oxygen atoms in total. The van der Waals surface area contributed by atoms with Crippen molar-refractivity contribution in [2.75, 3.05) is 20.3 Å². The Balaban J connectivity index is 1.91. The van der Waals surface area contributed by atoms with Gasteiger partial charge >= 0.3 is 0 Å². The van der Waals surface area contributed by atoms with Gasteiger partial charge in [0.15, 0.2) is 0 Å². The molecule has 0 aromatic carbocycles. The smallest absolute Gasteiger partial charge is 0.0541 e. The highest BCUT2D eigenvalue weighted by molar-refractivity contribution is 4.76. The maximum atomic E-state index is 9.32. The van der Waals surface area contributed by atoms with E-state index in [0.717, 1.165) is 45.3 Å². The number of ether oxygens (including phenoxy) is 1. The highest BCUT2D eigenvalue weighted by Crippen LogP contribution is 2.18. The summed E-state index contributed by atoms with van der Waals surface area (Å²) >= 11 is 0. The minimum atomic E-state index is -0.0402. The van der Waals surface area contributed by atoms with E-state index in [0.29, 0.717) is 6.04 Å². The monoisotopic (exact) mass is 201 g/mol. The molecule has 1 rings (SSSR count). The Labute approximate surface area is 86.8 Å². The van der Waals surface area contributed by atoms with Crippen LogP contribution in [0.4, 0.5) is 0 Å². The molecule has 14 heavy (non-hydrogen) atoms. The molecule has 0 aliphatic heterocycles. The number of aliphatic hydroxyl groups excluding tert-OH is 1. The fraction of sp³-hybridized carbons (Fsp3) is 1.00. The number of rotatable bonds is 6. The molecule has 0 saturated heterocycles. The topological polar surface area (TPSA) is 41.5 Å². The molecule has 0 aromatic heterocycles. The summed E-state index contributed by atoms with van der Waals surface area (Å²) in [5, 5.41) is 12.9. The van der Waals surface area contributed by atoms with E-state index >= 15 is 0 Å². The van der Waals surface area contributed by atoms with Crippen LogP contribution >= 0.6 is 0 Å². The molecule has 1 aliphatic rings. The van der Waals surface area contributed by atoms with E-state index < -0.39 is 0 Å². The van der Waals surface area contributed by atoms with Crippen molar-refractivity contribution in [1.29, 1.82) is 0 Å². The second-order valence-corrected chi connectivity index (χ2v) is 4.16. The van der Waals surface area contributed by atoms with Gasteiger partial charge in [-0.3, -0.25) is 0 Å². The molecule has 0 radical (unpaired) electrons. The van der Waals surface area contributed by atoms with Crippen molar-refractivity contribution in [1.82, 2.24) is 5.32 Å². The van der Waals surface area contributed by atoms with Crippen molar-refractivity contribution < 1.29 is 9.84 Å². The van der Waals surface area contributed by atoms with Crippen LogP contribution in [0.15, 0.2) is 0 Å². The van der Waals surface area contributed by atoms with Gasteiger partial charge in [0.1, 0.15) is 0 Å². The van der Waals surface area contributed by atoms with E-state index in [1.165, 1.54) is 6.42 Å². The van der Waals surface area contributed by atoms with Gasteiger partial charge in [0.25, 0.3) is 0 Å². The number of nitrogens with one attached hydrogen (secondary N) is 1. The van der Waals surface area contributed by atoms with Crippen LogP contribution in [-0.4, -0.2) is 37.5 Å². The Hall–Kier alpha value is -0.120. The van der Waals surface area contributed by atoms with E-state index in [-0.39, 0.29) is 6.10 Å². The summed E-state index contributed by atoms with van der Waals surface area (Å²) in [4.78, 5) is 0. The van der Waals surface area contributed by atoms with Crippen molar-refractivity contribution in [2.45, 2.75) is 50.7 Å². The van der Waals surface area contributed by atoms with Gasteiger partial charge in [-0.2, -0.15) is 0 Å². The fourth-order valence-electron chi connectivity index (χ4n) is 1.96. The first-order chi connectivity index (χ1) is 6.83. The summed E-state index contributed by atoms with van der Waals surface area (Å²) < 4.78 is 4.99. The fourth-order valence-corrected chi connectivity index (χ4v) is 1.96. The van der Waals surface area contributed by atoms with Crippen LogP contribution in [0.25, 0.3) is 0 Å². The molecule has 1 aliphatic carbocycles. The highest BCUT2D eigenvalue weighted by atomic mass is 16.5. The zero-order chi connectivity index (χ0) is 10.2. The third-order valence-corrected chi connectivity index (χ3v) is 2.90. The van der Waals surface area contributed by atoms with Crippen LogP contribution in [0.1, 0.15) is 38.5 Å². The Morgan fingerprint density at radius 1 is 1.21 bits per heavy atom. The minimum absolute atomic E-state index is 0.0402. The number of unbranched alkanes of at least 4 members (excludes halogenated alkanes) is 1. The van der Waals surface area contributed by atoms with Crippen molar-refractivity contribution in [3.63, 3.8) is 0 Å². The van der Waals surface area contributed by atoms with Crippen molar-refractivity contribution in [3.8, 4) is 0 Å². The third kappa shape index (κ3) is 4.94. The van der Waals surface area contributed by atoms with E-state index in [1.54, 1.807) is 7.11 Å². The zero-order valence-corrected chi connectivity index (χ0v) is 9.17. The summed E-state index contributed by atoms with van der Waals surface area (Å²) in [7, 11) is 1.75. The van der Waals surface area contributed by atoms with E-state index in [1.807, 2.05) is 0 Å². The molecule has 0 unspecified atom stereocenters. The Morgan fingerprint density at radius 3 is 2.57 bits per heavy atom. The van der Waals surface area contributed by atoms with Gasteiger partial charge in [0.2, 0.25) is 0 Å². The average Bonchev–Trinajstić information content (AvgIpc) is 2.21. The number of hydrogen-bond acceptors (Lipinski definition) is 3. The molecule has 0 spiro atoms. The Bertz CT molecular complexity index is 133. The van der Waals surface area contributed by atoms with E-state index in [4.69, 9.17) is 4.74 Å². The van der Waals surface area contributed by atoms with Gasteiger partial charge in [-0.05, 0) is 45.1 Å². The normalized spacial score (nSPS) is 27.9. The average molecular weight is 201 g/mol. The second kappa shape index (κ2) is 7.21. The standard InChI is InChI=1S/C11H23NO2/c1-14-9-3-2-8-12-10-4-6-11(13)7-5-10/h10-13H,2-9H2,1H3. The molecule has 1 saturated carbocycles. The number of methoxy groups -OCH3 is 1. The number of aliphatic hydroxyl groups is 1. The molecular weight excluding hydrogens is 178 g/mol. The highest BCUT2D eigenvalue weighted by Gasteiger charge is 2.18. The third-order valence-electron chi connectivity index (χ3n) is 2.90. The van der Waals surface area contributed by atoms with Crippen LogP contribution in [0, 0.1) is 0 Å². The molecular formula is C11H23NO2. The molecule has 84 valence electrons. The molecule has 0 heterocycles. The van der Waals surface area contributed by atoms with Crippen molar-refractivity contribution >= 4 is 0 Å². The molecule has 3 heteroatoms. The Morgan fingerprint density at radius 2 is 1.93 bits per heavy atom. The zero-order valence-electron chi connectivity index (χ0n) is 9.17. The molecule has 0 aromatic rings. The quantitative estimate of drug-likeness (QED) is 0.637. The SMILES string of the molecule is COCCCCNC1CCC(O)CC1. The van der Waals surface area contributed by atoms with Gasteiger partial charge in [-0.1, -0.05) is 0 Å². The van der Waals surface area contributed by atoms with E-state index in [9.17, 15) is 5.11 Å². The largest absolute Gasteiger partial charge is 0.393 e. The van der Waals surface area contributed by atoms with Crippen LogP contribution < -0.4 is 5.32 Å². The first-order valence-corrected chi connectivity index (χ1v) is 5.73. The summed E-state index contributed by atoms with van der Waals surface area (Å²) in [6.45, 7) is 1.95. The van der Waals surface area contributed by atoms with E-state index in [2.05, 4.69) is 5.32 Å². The first kappa shape index (κ1) is 12.0. The molecule has 0 bridgehead atoms. The van der Waals surface area contributed by atoms with Crippen molar-refractivity contribution in [3.05, 3.63) is 0 Å². The molecule has 0 atom stereocenters. The predicted octanol–water partition coefficient (Wildman–Crippen LogP) is 1.31. The van der Waals surface area contributed by atoms with Gasteiger partial charge in [-0.15, -0.1) is 0 Å². The number of hydrogen-bond donors (Lipinski definition) is 2. The summed E-state index contributed by atoms with van der Waals surface area (Å²) in [6, 6.07) is 0.640. The lowest BCUT2D eigenvalue weighted by Crippen LogP contribution is -2.35. The maximum absolute atomic E-state index is 9.32. The lowest BCUT2D eigenvalue weighted by atomic mass is 9.93. The van der Waals surface area contributed by atoms with Gasteiger partial charge in [-0.25, -0.2) is 0 Å². The summed E-state index contributed by atoms with van der Waals surface area (Å²) in [6.07, 6.45) is 6.48. The molecule has 1 fully saturated rings. The first-order valence-electron chi connectivity index (χ1n) is 5.73. The van der Waals surface area contributed by atoms with Crippen LogP contribution in [0.5, 0.6) is 0 Å². The van der Waals surface area contributed by atoms with Crippen LogP contribution in [0.2, 0.25) is 0 Å². The minimum Gasteiger partial charge on any atom is -0.393 e. The second-order valence-electron chi connectivity index (χ2n) is 4.16. The molecule has 0 amide bonds. The van der Waals surface area contributed by atoms with Crippen molar-refractivity contribution in [2.24, 2.45) is 0 Å². The van der Waals surface area contributed by atoms with Crippen LogP contribution in [0.3, 0.4) is 0 Å². The van der Waals surface area contributed by atoms with Gasteiger partial charge in [0.05, 0.1) is 6.10 Å². The Kier molecular flexibility index (Phi) is 6.15. The lowest BCUT2D eigenvalue weighted by molar-refractivity contribution is 0.116. The van der Waals surface area contributed by atoms with Crippen LogP contribution in [-0.2, 0) is 4.74 Å².